The van der Waals surface area contributed by atoms with E-state index in [0.717, 1.165) is 27.4 Å². The number of nitrogens with zero attached hydrogens (tertiary/aromatic N) is 4. The molecule has 0 saturated carbocycles. The number of hydrogen-bond donors (Lipinski definition) is 1. The summed E-state index contributed by atoms with van der Waals surface area (Å²) >= 11 is 4.92. The molecule has 0 spiro atoms. The van der Waals surface area contributed by atoms with Crippen molar-refractivity contribution in [3.63, 3.8) is 0 Å². The van der Waals surface area contributed by atoms with Gasteiger partial charge in [-0.1, -0.05) is 39.8 Å². The highest BCUT2D eigenvalue weighted by Crippen LogP contribution is 2.24. The molecule has 0 fully saturated rings. The number of thioether (sulfide) groups is 1. The van der Waals surface area contributed by atoms with Crippen molar-refractivity contribution in [3.05, 3.63) is 63.9 Å². The number of amides is 1. The van der Waals surface area contributed by atoms with Crippen LogP contribution in [-0.2, 0) is 13.7 Å². The number of ether oxygens (including phenoxy) is 1. The molecule has 1 heterocycles. The molecule has 152 valence electrons. The van der Waals surface area contributed by atoms with E-state index in [4.69, 9.17) is 4.74 Å². The van der Waals surface area contributed by atoms with Gasteiger partial charge in [0, 0.05) is 23.8 Å². The summed E-state index contributed by atoms with van der Waals surface area (Å²) < 4.78 is 21.2. The number of benzene rings is 2. The quantitative estimate of drug-likeness (QED) is 0.372. The van der Waals surface area contributed by atoms with Crippen molar-refractivity contribution in [2.45, 2.75) is 18.2 Å². The molecule has 0 aliphatic carbocycles. The van der Waals surface area contributed by atoms with E-state index in [9.17, 15) is 9.18 Å². The molecule has 0 atom stereocenters. The topological polar surface area (TPSA) is 81.9 Å². The monoisotopic (exact) mass is 479 g/mol. The summed E-state index contributed by atoms with van der Waals surface area (Å²) in [6, 6.07) is 11.3. The highest BCUT2D eigenvalue weighted by atomic mass is 79.9. The first-order valence-electron chi connectivity index (χ1n) is 8.83. The molecule has 1 N–H and O–H groups in total. The number of hydrogen-bond acceptors (Lipinski definition) is 6. The van der Waals surface area contributed by atoms with E-state index >= 15 is 0 Å². The highest BCUT2D eigenvalue weighted by molar-refractivity contribution is 9.10. The van der Waals surface area contributed by atoms with Crippen LogP contribution in [0.4, 0.5) is 4.39 Å². The highest BCUT2D eigenvalue weighted by Gasteiger charge is 2.13. The van der Waals surface area contributed by atoms with Gasteiger partial charge in [-0.15, -0.1) is 5.10 Å². The van der Waals surface area contributed by atoms with Crippen molar-refractivity contribution in [3.8, 4) is 5.75 Å². The van der Waals surface area contributed by atoms with Gasteiger partial charge in [-0.2, -0.15) is 0 Å². The standard InChI is InChI=1S/C19H19BrFN5O2S/c1-26-19(23-24-25-26)29-10-2-9-22-18(27)16-11-14(20)5-8-17(16)28-12-13-3-6-15(21)7-4-13/h3-8,11H,2,9-10,12H2,1H3,(H,22,27). The van der Waals surface area contributed by atoms with E-state index in [1.807, 2.05) is 6.07 Å². The molecule has 0 unspecified atom stereocenters. The van der Waals surface area contributed by atoms with Crippen LogP contribution < -0.4 is 10.1 Å². The Kier molecular flexibility index (Phi) is 7.59. The minimum absolute atomic E-state index is 0.217. The van der Waals surface area contributed by atoms with Crippen molar-refractivity contribution in [1.29, 1.82) is 0 Å². The summed E-state index contributed by atoms with van der Waals surface area (Å²) in [6.45, 7) is 0.756. The number of aromatic nitrogens is 4. The van der Waals surface area contributed by atoms with Crippen LogP contribution in [-0.4, -0.2) is 38.4 Å². The van der Waals surface area contributed by atoms with Gasteiger partial charge in [0.2, 0.25) is 5.16 Å². The zero-order valence-electron chi connectivity index (χ0n) is 15.6. The van der Waals surface area contributed by atoms with Gasteiger partial charge in [-0.05, 0) is 52.7 Å². The minimum atomic E-state index is -0.300. The Labute approximate surface area is 180 Å². The maximum Gasteiger partial charge on any atom is 0.255 e. The molecular weight excluding hydrogens is 461 g/mol. The molecule has 0 bridgehead atoms. The van der Waals surface area contributed by atoms with E-state index in [1.165, 1.54) is 23.9 Å². The SMILES string of the molecule is Cn1nnnc1SCCCNC(=O)c1cc(Br)ccc1OCc1ccc(F)cc1. The van der Waals surface area contributed by atoms with Gasteiger partial charge in [0.15, 0.2) is 0 Å². The van der Waals surface area contributed by atoms with Crippen molar-refractivity contribution >= 4 is 33.6 Å². The van der Waals surface area contributed by atoms with Crippen LogP contribution in [0.25, 0.3) is 0 Å². The second-order valence-electron chi connectivity index (χ2n) is 6.10. The first-order chi connectivity index (χ1) is 14.0. The average Bonchev–Trinajstić information content (AvgIpc) is 3.12. The maximum absolute atomic E-state index is 13.0. The number of carbonyl (C=O) groups is 1. The fourth-order valence-corrected chi connectivity index (χ4v) is 3.57. The Bertz CT molecular complexity index is 967. The van der Waals surface area contributed by atoms with Crippen molar-refractivity contribution in [1.82, 2.24) is 25.5 Å². The summed E-state index contributed by atoms with van der Waals surface area (Å²) in [5, 5.41) is 14.9. The van der Waals surface area contributed by atoms with E-state index < -0.39 is 0 Å². The molecule has 0 saturated heterocycles. The fraction of sp³-hybridized carbons (Fsp3) is 0.263. The molecule has 0 aliphatic heterocycles. The lowest BCUT2D eigenvalue weighted by Crippen LogP contribution is -2.25. The van der Waals surface area contributed by atoms with Crippen molar-refractivity contribution in [2.75, 3.05) is 12.3 Å². The second-order valence-corrected chi connectivity index (χ2v) is 8.08. The summed E-state index contributed by atoms with van der Waals surface area (Å²) in [5.41, 5.74) is 1.25. The third-order valence-electron chi connectivity index (χ3n) is 3.91. The largest absolute Gasteiger partial charge is 0.488 e. The lowest BCUT2D eigenvalue weighted by Gasteiger charge is -2.12. The van der Waals surface area contributed by atoms with Gasteiger partial charge < -0.3 is 10.1 Å². The van der Waals surface area contributed by atoms with Crippen LogP contribution >= 0.6 is 27.7 Å². The molecule has 1 aromatic heterocycles. The van der Waals surface area contributed by atoms with Gasteiger partial charge in [0.05, 0.1) is 5.56 Å². The first kappa shape index (κ1) is 21.3. The molecule has 1 amide bonds. The van der Waals surface area contributed by atoms with E-state index in [0.29, 0.717) is 17.9 Å². The van der Waals surface area contributed by atoms with Crippen LogP contribution in [0, 0.1) is 5.82 Å². The number of rotatable bonds is 9. The summed E-state index contributed by atoms with van der Waals surface area (Å²) in [4.78, 5) is 12.6. The first-order valence-corrected chi connectivity index (χ1v) is 10.6. The van der Waals surface area contributed by atoms with Gasteiger partial charge in [-0.3, -0.25) is 4.79 Å². The predicted octanol–water partition coefficient (Wildman–Crippen LogP) is 3.60. The van der Waals surface area contributed by atoms with Gasteiger partial charge >= 0.3 is 0 Å². The van der Waals surface area contributed by atoms with Gasteiger partial charge in [0.25, 0.3) is 5.91 Å². The van der Waals surface area contributed by atoms with Crippen LogP contribution in [0.3, 0.4) is 0 Å². The molecule has 0 aliphatic rings. The fourth-order valence-electron chi connectivity index (χ4n) is 2.42. The maximum atomic E-state index is 13.0. The summed E-state index contributed by atoms with van der Waals surface area (Å²) in [7, 11) is 1.78. The predicted molar refractivity (Wildman–Crippen MR) is 111 cm³/mol. The van der Waals surface area contributed by atoms with Crippen LogP contribution in [0.2, 0.25) is 0 Å². The van der Waals surface area contributed by atoms with Crippen LogP contribution in [0.15, 0.2) is 52.1 Å². The minimum Gasteiger partial charge on any atom is -0.488 e. The molecule has 7 nitrogen and oxygen atoms in total. The Morgan fingerprint density at radius 1 is 1.28 bits per heavy atom. The van der Waals surface area contributed by atoms with Gasteiger partial charge in [0.1, 0.15) is 18.2 Å². The van der Waals surface area contributed by atoms with Crippen LogP contribution in [0.5, 0.6) is 5.75 Å². The molecule has 3 aromatic rings. The number of halogens is 2. The Hall–Kier alpha value is -2.46. The Morgan fingerprint density at radius 2 is 2.07 bits per heavy atom. The molecule has 3 rings (SSSR count). The van der Waals surface area contributed by atoms with Gasteiger partial charge in [-0.25, -0.2) is 9.07 Å². The number of carbonyl (C=O) groups excluding carboxylic acids is 1. The lowest BCUT2D eigenvalue weighted by atomic mass is 10.2. The van der Waals surface area contributed by atoms with Crippen molar-refractivity contribution < 1.29 is 13.9 Å². The Morgan fingerprint density at radius 3 is 2.79 bits per heavy atom. The lowest BCUT2D eigenvalue weighted by molar-refractivity contribution is 0.0949. The zero-order chi connectivity index (χ0) is 20.6. The third kappa shape index (κ3) is 6.26. The zero-order valence-corrected chi connectivity index (χ0v) is 18.0. The van der Waals surface area contributed by atoms with E-state index in [1.54, 1.807) is 36.0 Å². The average molecular weight is 480 g/mol. The van der Waals surface area contributed by atoms with E-state index in [-0.39, 0.29) is 18.3 Å². The second kappa shape index (κ2) is 10.4. The molecule has 2 aromatic carbocycles. The molecular formula is C19H19BrFN5O2S. The van der Waals surface area contributed by atoms with Crippen LogP contribution in [0.1, 0.15) is 22.3 Å². The molecule has 0 radical (unpaired) electrons. The van der Waals surface area contributed by atoms with E-state index in [2.05, 4.69) is 36.8 Å². The summed E-state index contributed by atoms with van der Waals surface area (Å²) in [6.07, 6.45) is 0.767. The third-order valence-corrected chi connectivity index (χ3v) is 5.50. The Balaban J connectivity index is 1.52. The number of aryl methyl sites for hydroxylation is 1. The molecule has 10 heteroatoms. The number of tetrazole rings is 1. The smallest absolute Gasteiger partial charge is 0.255 e. The molecule has 29 heavy (non-hydrogen) atoms. The number of nitrogens with one attached hydrogen (secondary N) is 1. The van der Waals surface area contributed by atoms with Crippen molar-refractivity contribution in [2.24, 2.45) is 7.05 Å². The summed E-state index contributed by atoms with van der Waals surface area (Å²) in [5.74, 6) is 0.729. The normalized spacial score (nSPS) is 10.7.